The van der Waals surface area contributed by atoms with Gasteiger partial charge in [-0.25, -0.2) is 0 Å². The highest BCUT2D eigenvalue weighted by Gasteiger charge is 2.03. The van der Waals surface area contributed by atoms with Gasteiger partial charge in [0.2, 0.25) is 0 Å². The summed E-state index contributed by atoms with van der Waals surface area (Å²) in [6, 6.07) is 0. The maximum absolute atomic E-state index is 10.8. The second-order valence-corrected chi connectivity index (χ2v) is 1.95. The van der Waals surface area contributed by atoms with Crippen LogP contribution in [-0.2, 0) is 11.2 Å². The van der Waals surface area contributed by atoms with Crippen molar-refractivity contribution in [2.24, 2.45) is 0 Å². The van der Waals surface area contributed by atoms with Crippen LogP contribution in [0.5, 0.6) is 0 Å². The summed E-state index contributed by atoms with van der Waals surface area (Å²) in [6.45, 7) is 1.81. The van der Waals surface area contributed by atoms with Crippen molar-refractivity contribution in [1.82, 2.24) is 10.4 Å². The minimum Gasteiger partial charge on any atom is -0.342 e. The lowest BCUT2D eigenvalue weighted by Gasteiger charge is -1.87. The Balaban J connectivity index is 2.48. The molecule has 0 aromatic carbocycles. The first kappa shape index (κ1) is 6.92. The van der Waals surface area contributed by atoms with E-state index in [0.29, 0.717) is 18.6 Å². The zero-order valence-corrected chi connectivity index (χ0v) is 5.70. The monoisotopic (exact) mass is 140 g/mol. The maximum atomic E-state index is 10.8. The molecule has 0 N–H and O–H groups in total. The minimum atomic E-state index is 0.138. The summed E-state index contributed by atoms with van der Waals surface area (Å²) >= 11 is 0. The molecule has 0 bridgehead atoms. The largest absolute Gasteiger partial charge is 0.342 e. The van der Waals surface area contributed by atoms with E-state index in [9.17, 15) is 4.79 Å². The number of rotatable bonds is 3. The lowest BCUT2D eigenvalue weighted by atomic mass is 10.2. The van der Waals surface area contributed by atoms with Crippen molar-refractivity contribution in [3.05, 3.63) is 12.0 Å². The predicted octanol–water partition coefficient (Wildman–Crippen LogP) is 0.591. The van der Waals surface area contributed by atoms with Crippen LogP contribution in [0.2, 0.25) is 0 Å². The Hall–Kier alpha value is -1.19. The standard InChI is InChI=1S/C6H8N2O2/c1-2-5(9)3-6-4-7-8-10-6/h4H,2-3H2,1H3. The van der Waals surface area contributed by atoms with E-state index < -0.39 is 0 Å². The Labute approximate surface area is 58.2 Å². The number of nitrogens with zero attached hydrogens (tertiary/aromatic N) is 2. The van der Waals surface area contributed by atoms with Gasteiger partial charge in [0.1, 0.15) is 5.78 Å². The van der Waals surface area contributed by atoms with Gasteiger partial charge >= 0.3 is 0 Å². The Bertz CT molecular complexity index is 206. The molecule has 0 aliphatic rings. The van der Waals surface area contributed by atoms with Gasteiger partial charge in [-0.05, 0) is 0 Å². The van der Waals surface area contributed by atoms with Crippen LogP contribution < -0.4 is 0 Å². The highest BCUT2D eigenvalue weighted by molar-refractivity contribution is 5.79. The summed E-state index contributed by atoms with van der Waals surface area (Å²) in [4.78, 5) is 10.8. The van der Waals surface area contributed by atoms with Crippen molar-refractivity contribution in [2.75, 3.05) is 0 Å². The van der Waals surface area contributed by atoms with E-state index in [0.717, 1.165) is 0 Å². The normalized spacial score (nSPS) is 9.70. The first-order valence-corrected chi connectivity index (χ1v) is 3.11. The van der Waals surface area contributed by atoms with Crippen LogP contribution in [0.25, 0.3) is 0 Å². The molecule has 0 unspecified atom stereocenters. The van der Waals surface area contributed by atoms with Gasteiger partial charge in [-0.3, -0.25) is 4.79 Å². The van der Waals surface area contributed by atoms with Crippen molar-refractivity contribution in [3.8, 4) is 0 Å². The summed E-state index contributed by atoms with van der Waals surface area (Å²) in [7, 11) is 0. The number of hydrogen-bond donors (Lipinski definition) is 0. The molecule has 0 fully saturated rings. The second-order valence-electron chi connectivity index (χ2n) is 1.95. The molecule has 10 heavy (non-hydrogen) atoms. The molecule has 0 saturated carbocycles. The number of carbonyl (C=O) groups excluding carboxylic acids is 1. The maximum Gasteiger partial charge on any atom is 0.164 e. The third-order valence-corrected chi connectivity index (χ3v) is 1.17. The molecule has 0 amide bonds. The quantitative estimate of drug-likeness (QED) is 0.616. The van der Waals surface area contributed by atoms with Gasteiger partial charge < -0.3 is 4.52 Å². The number of hydrogen-bond acceptors (Lipinski definition) is 4. The Morgan fingerprint density at radius 1 is 1.80 bits per heavy atom. The zero-order chi connectivity index (χ0) is 7.40. The molecule has 0 spiro atoms. The predicted molar refractivity (Wildman–Crippen MR) is 33.3 cm³/mol. The first-order chi connectivity index (χ1) is 4.83. The molecule has 0 aliphatic heterocycles. The summed E-state index contributed by atoms with van der Waals surface area (Å²) in [5, 5.41) is 6.67. The first-order valence-electron chi connectivity index (χ1n) is 3.11. The van der Waals surface area contributed by atoms with E-state index in [1.807, 2.05) is 6.92 Å². The third kappa shape index (κ3) is 1.65. The zero-order valence-electron chi connectivity index (χ0n) is 5.70. The van der Waals surface area contributed by atoms with Crippen molar-refractivity contribution in [2.45, 2.75) is 19.8 Å². The van der Waals surface area contributed by atoms with Crippen molar-refractivity contribution < 1.29 is 9.32 Å². The Morgan fingerprint density at radius 2 is 2.60 bits per heavy atom. The minimum absolute atomic E-state index is 0.138. The van der Waals surface area contributed by atoms with Gasteiger partial charge in [-0.2, -0.15) is 0 Å². The van der Waals surface area contributed by atoms with Gasteiger partial charge in [-0.1, -0.05) is 6.92 Å². The van der Waals surface area contributed by atoms with E-state index >= 15 is 0 Å². The van der Waals surface area contributed by atoms with Gasteiger partial charge in [0.25, 0.3) is 0 Å². The Morgan fingerprint density at radius 3 is 3.10 bits per heavy atom. The number of carbonyl (C=O) groups is 1. The summed E-state index contributed by atoms with van der Waals surface area (Å²) in [6.07, 6.45) is 2.29. The average molecular weight is 140 g/mol. The SMILES string of the molecule is CCC(=O)Cc1cnno1. The van der Waals surface area contributed by atoms with Crippen LogP contribution in [-0.4, -0.2) is 16.2 Å². The number of Topliss-reactive ketones (excluding diaryl/α,β-unsaturated/α-hetero) is 1. The molecule has 0 saturated heterocycles. The number of ketones is 1. The van der Waals surface area contributed by atoms with Gasteiger partial charge in [0.15, 0.2) is 5.76 Å². The molecular weight excluding hydrogens is 132 g/mol. The highest BCUT2D eigenvalue weighted by atomic mass is 16.5. The molecule has 0 radical (unpaired) electrons. The van der Waals surface area contributed by atoms with Crippen LogP contribution in [0.4, 0.5) is 0 Å². The van der Waals surface area contributed by atoms with E-state index in [1.54, 1.807) is 0 Å². The van der Waals surface area contributed by atoms with Crippen LogP contribution in [0.3, 0.4) is 0 Å². The van der Waals surface area contributed by atoms with Crippen LogP contribution in [0.15, 0.2) is 10.7 Å². The van der Waals surface area contributed by atoms with Crippen LogP contribution in [0.1, 0.15) is 19.1 Å². The lowest BCUT2D eigenvalue weighted by molar-refractivity contribution is -0.118. The summed E-state index contributed by atoms with van der Waals surface area (Å²) < 4.78 is 4.62. The van der Waals surface area contributed by atoms with Crippen molar-refractivity contribution in [3.63, 3.8) is 0 Å². The summed E-state index contributed by atoms with van der Waals surface area (Å²) in [5.74, 6) is 0.672. The van der Waals surface area contributed by atoms with E-state index in [1.165, 1.54) is 6.20 Å². The molecular formula is C6H8N2O2. The summed E-state index contributed by atoms with van der Waals surface area (Å²) in [5.41, 5.74) is 0. The molecule has 1 rings (SSSR count). The Kier molecular flexibility index (Phi) is 2.15. The average Bonchev–Trinajstić information content (AvgIpc) is 2.40. The van der Waals surface area contributed by atoms with Crippen LogP contribution in [0, 0.1) is 0 Å². The van der Waals surface area contributed by atoms with E-state index in [2.05, 4.69) is 14.9 Å². The molecule has 54 valence electrons. The topological polar surface area (TPSA) is 56.0 Å². The third-order valence-electron chi connectivity index (χ3n) is 1.17. The fraction of sp³-hybridized carbons (Fsp3) is 0.500. The fourth-order valence-electron chi connectivity index (χ4n) is 0.585. The van der Waals surface area contributed by atoms with E-state index in [4.69, 9.17) is 0 Å². The lowest BCUT2D eigenvalue weighted by Crippen LogP contribution is -1.98. The molecule has 4 nitrogen and oxygen atoms in total. The van der Waals surface area contributed by atoms with Gasteiger partial charge in [-0.15, -0.1) is 5.10 Å². The molecule has 4 heteroatoms. The van der Waals surface area contributed by atoms with Gasteiger partial charge in [0.05, 0.1) is 12.6 Å². The van der Waals surface area contributed by atoms with Crippen molar-refractivity contribution in [1.29, 1.82) is 0 Å². The van der Waals surface area contributed by atoms with Crippen molar-refractivity contribution >= 4 is 5.78 Å². The highest BCUT2D eigenvalue weighted by Crippen LogP contribution is 1.97. The number of aromatic nitrogens is 2. The van der Waals surface area contributed by atoms with E-state index in [-0.39, 0.29) is 5.78 Å². The molecule has 1 aromatic rings. The molecule has 1 heterocycles. The molecule has 0 atom stereocenters. The van der Waals surface area contributed by atoms with Crippen LogP contribution >= 0.6 is 0 Å². The fourth-order valence-corrected chi connectivity index (χ4v) is 0.585. The second kappa shape index (κ2) is 3.10. The van der Waals surface area contributed by atoms with Gasteiger partial charge in [0, 0.05) is 11.7 Å². The molecule has 0 aliphatic carbocycles. The smallest absolute Gasteiger partial charge is 0.164 e. The molecule has 1 aromatic heterocycles.